The standard InChI is InChI=1S/C8H17NO2/c1-5-6-7(2)8(10)9(3)11-4/h7H,5-6H2,1-4H3/t7-/m1/s1. The van der Waals surface area contributed by atoms with E-state index >= 15 is 0 Å². The van der Waals surface area contributed by atoms with Crippen molar-refractivity contribution in [2.45, 2.75) is 26.7 Å². The van der Waals surface area contributed by atoms with E-state index in [4.69, 9.17) is 4.84 Å². The molecule has 0 aliphatic heterocycles. The number of rotatable bonds is 4. The quantitative estimate of drug-likeness (QED) is 0.581. The molecule has 0 saturated heterocycles. The molecule has 0 aromatic carbocycles. The summed E-state index contributed by atoms with van der Waals surface area (Å²) in [5.74, 6) is 0.124. The Kier molecular flexibility index (Phi) is 4.86. The maximum Gasteiger partial charge on any atom is 0.248 e. The van der Waals surface area contributed by atoms with E-state index in [1.54, 1.807) is 7.05 Å². The second-order valence-electron chi connectivity index (χ2n) is 2.71. The first-order valence-corrected chi connectivity index (χ1v) is 3.95. The average Bonchev–Trinajstić information content (AvgIpc) is 2.02. The molecule has 0 N–H and O–H groups in total. The largest absolute Gasteiger partial charge is 0.275 e. The van der Waals surface area contributed by atoms with Crippen molar-refractivity contribution in [3.05, 3.63) is 0 Å². The van der Waals surface area contributed by atoms with Crippen LogP contribution < -0.4 is 0 Å². The monoisotopic (exact) mass is 159 g/mol. The van der Waals surface area contributed by atoms with Gasteiger partial charge < -0.3 is 0 Å². The van der Waals surface area contributed by atoms with E-state index in [0.717, 1.165) is 12.8 Å². The topological polar surface area (TPSA) is 29.5 Å². The Morgan fingerprint density at radius 2 is 2.18 bits per heavy atom. The molecule has 0 heterocycles. The Labute approximate surface area is 68.3 Å². The molecule has 0 rings (SSSR count). The highest BCUT2D eigenvalue weighted by atomic mass is 16.7. The molecule has 11 heavy (non-hydrogen) atoms. The van der Waals surface area contributed by atoms with Crippen molar-refractivity contribution in [3.8, 4) is 0 Å². The molecule has 0 aliphatic rings. The van der Waals surface area contributed by atoms with Crippen LogP contribution in [0.1, 0.15) is 26.7 Å². The molecule has 3 heteroatoms. The number of hydrogen-bond donors (Lipinski definition) is 0. The minimum absolute atomic E-state index is 0.0503. The molecule has 0 spiro atoms. The van der Waals surface area contributed by atoms with Crippen LogP contribution in [-0.2, 0) is 9.63 Å². The summed E-state index contributed by atoms with van der Waals surface area (Å²) in [7, 11) is 3.13. The fourth-order valence-electron chi connectivity index (χ4n) is 0.957. The lowest BCUT2D eigenvalue weighted by Crippen LogP contribution is -2.30. The average molecular weight is 159 g/mol. The van der Waals surface area contributed by atoms with Gasteiger partial charge >= 0.3 is 0 Å². The number of hydrogen-bond acceptors (Lipinski definition) is 2. The maximum atomic E-state index is 11.3. The van der Waals surface area contributed by atoms with E-state index in [1.165, 1.54) is 12.2 Å². The lowest BCUT2D eigenvalue weighted by molar-refractivity contribution is -0.173. The van der Waals surface area contributed by atoms with Gasteiger partial charge in [0.2, 0.25) is 5.91 Å². The van der Waals surface area contributed by atoms with Gasteiger partial charge in [0.15, 0.2) is 0 Å². The Morgan fingerprint density at radius 1 is 1.64 bits per heavy atom. The Bertz CT molecular complexity index is 125. The van der Waals surface area contributed by atoms with Crippen molar-refractivity contribution in [1.29, 1.82) is 0 Å². The van der Waals surface area contributed by atoms with E-state index in [-0.39, 0.29) is 11.8 Å². The third-order valence-corrected chi connectivity index (χ3v) is 1.73. The first kappa shape index (κ1) is 10.4. The summed E-state index contributed by atoms with van der Waals surface area (Å²) in [5.41, 5.74) is 0. The smallest absolute Gasteiger partial charge is 0.248 e. The van der Waals surface area contributed by atoms with Gasteiger partial charge in [0.25, 0.3) is 0 Å². The van der Waals surface area contributed by atoms with Crippen molar-refractivity contribution in [2.24, 2.45) is 5.92 Å². The van der Waals surface area contributed by atoms with Gasteiger partial charge in [-0.15, -0.1) is 0 Å². The number of nitrogens with zero attached hydrogens (tertiary/aromatic N) is 1. The summed E-state index contributed by atoms with van der Waals surface area (Å²) >= 11 is 0. The number of carbonyl (C=O) groups excluding carboxylic acids is 1. The third kappa shape index (κ3) is 3.37. The zero-order valence-electron chi connectivity index (χ0n) is 7.76. The molecule has 0 aliphatic carbocycles. The highest BCUT2D eigenvalue weighted by Crippen LogP contribution is 2.07. The fourth-order valence-corrected chi connectivity index (χ4v) is 0.957. The van der Waals surface area contributed by atoms with Crippen LogP contribution in [0.4, 0.5) is 0 Å². The van der Waals surface area contributed by atoms with Gasteiger partial charge in [-0.2, -0.15) is 0 Å². The van der Waals surface area contributed by atoms with E-state index < -0.39 is 0 Å². The molecule has 0 radical (unpaired) electrons. The van der Waals surface area contributed by atoms with E-state index in [0.29, 0.717) is 0 Å². The summed E-state index contributed by atoms with van der Waals surface area (Å²) in [6.45, 7) is 3.98. The van der Waals surface area contributed by atoms with Gasteiger partial charge in [0.1, 0.15) is 0 Å². The molecular weight excluding hydrogens is 142 g/mol. The van der Waals surface area contributed by atoms with Gasteiger partial charge in [-0.3, -0.25) is 9.63 Å². The van der Waals surface area contributed by atoms with Crippen molar-refractivity contribution in [1.82, 2.24) is 5.06 Å². The first-order valence-electron chi connectivity index (χ1n) is 3.95. The maximum absolute atomic E-state index is 11.3. The summed E-state index contributed by atoms with van der Waals surface area (Å²) in [6.07, 6.45) is 1.96. The van der Waals surface area contributed by atoms with Gasteiger partial charge in [-0.1, -0.05) is 20.3 Å². The minimum atomic E-state index is 0.0503. The summed E-state index contributed by atoms with van der Waals surface area (Å²) < 4.78 is 0. The minimum Gasteiger partial charge on any atom is -0.275 e. The van der Waals surface area contributed by atoms with Crippen molar-refractivity contribution in [3.63, 3.8) is 0 Å². The second-order valence-corrected chi connectivity index (χ2v) is 2.71. The summed E-state index contributed by atoms with van der Waals surface area (Å²) in [5, 5.41) is 1.28. The van der Waals surface area contributed by atoms with Crippen LogP contribution in [0.15, 0.2) is 0 Å². The van der Waals surface area contributed by atoms with Crippen LogP contribution in [0.2, 0.25) is 0 Å². The molecule has 0 aromatic rings. The first-order chi connectivity index (χ1) is 5.13. The zero-order valence-corrected chi connectivity index (χ0v) is 7.76. The molecule has 0 saturated carbocycles. The van der Waals surface area contributed by atoms with Crippen LogP contribution in [0.3, 0.4) is 0 Å². The molecule has 0 aromatic heterocycles. The Morgan fingerprint density at radius 3 is 2.55 bits per heavy atom. The third-order valence-electron chi connectivity index (χ3n) is 1.73. The van der Waals surface area contributed by atoms with E-state index in [1.807, 2.05) is 6.92 Å². The van der Waals surface area contributed by atoms with Crippen LogP contribution >= 0.6 is 0 Å². The number of hydroxylamine groups is 2. The number of amides is 1. The molecule has 66 valence electrons. The summed E-state index contributed by atoms with van der Waals surface area (Å²) in [4.78, 5) is 16.0. The molecule has 0 bridgehead atoms. The van der Waals surface area contributed by atoms with Crippen LogP contribution in [0.5, 0.6) is 0 Å². The highest BCUT2D eigenvalue weighted by Gasteiger charge is 2.15. The number of carbonyl (C=O) groups is 1. The second kappa shape index (κ2) is 5.13. The van der Waals surface area contributed by atoms with Crippen LogP contribution in [0.25, 0.3) is 0 Å². The normalized spacial score (nSPS) is 12.7. The predicted octanol–water partition coefficient (Wildman–Crippen LogP) is 1.44. The lowest BCUT2D eigenvalue weighted by atomic mass is 10.1. The van der Waals surface area contributed by atoms with Crippen molar-refractivity contribution in [2.75, 3.05) is 14.2 Å². The van der Waals surface area contributed by atoms with Crippen molar-refractivity contribution < 1.29 is 9.63 Å². The fraction of sp³-hybridized carbons (Fsp3) is 0.875. The highest BCUT2D eigenvalue weighted by molar-refractivity contribution is 5.77. The summed E-state index contributed by atoms with van der Waals surface area (Å²) in [6, 6.07) is 0. The molecular formula is C8H17NO2. The molecule has 3 nitrogen and oxygen atoms in total. The lowest BCUT2D eigenvalue weighted by Gasteiger charge is -2.17. The Hall–Kier alpha value is -0.570. The van der Waals surface area contributed by atoms with Gasteiger partial charge in [-0.05, 0) is 6.42 Å². The Balaban J connectivity index is 3.81. The van der Waals surface area contributed by atoms with E-state index in [2.05, 4.69) is 6.92 Å². The van der Waals surface area contributed by atoms with Gasteiger partial charge in [-0.25, -0.2) is 5.06 Å². The molecule has 0 fully saturated rings. The molecule has 1 amide bonds. The molecule has 1 atom stereocenters. The van der Waals surface area contributed by atoms with Crippen LogP contribution in [0, 0.1) is 5.92 Å². The van der Waals surface area contributed by atoms with Crippen molar-refractivity contribution >= 4 is 5.91 Å². The predicted molar refractivity (Wildman–Crippen MR) is 43.9 cm³/mol. The van der Waals surface area contributed by atoms with Gasteiger partial charge in [0.05, 0.1) is 7.11 Å². The SMILES string of the molecule is CCC[C@@H](C)C(=O)N(C)OC. The molecule has 0 unspecified atom stereocenters. The zero-order chi connectivity index (χ0) is 8.85. The van der Waals surface area contributed by atoms with Gasteiger partial charge in [0, 0.05) is 13.0 Å². The van der Waals surface area contributed by atoms with E-state index in [9.17, 15) is 4.79 Å². The van der Waals surface area contributed by atoms with Crippen LogP contribution in [-0.4, -0.2) is 25.1 Å².